The van der Waals surface area contributed by atoms with E-state index in [9.17, 15) is 25.2 Å². The lowest BCUT2D eigenvalue weighted by Gasteiger charge is -2.39. The normalized spacial score (nSPS) is 26.2. The number of ether oxygens (including phenoxy) is 3. The van der Waals surface area contributed by atoms with Crippen LogP contribution in [0.2, 0.25) is 0 Å². The summed E-state index contributed by atoms with van der Waals surface area (Å²) in [5, 5.41) is 38.8. The molecule has 0 aliphatic carbocycles. The molecule has 30 heavy (non-hydrogen) atoms. The van der Waals surface area contributed by atoms with E-state index in [0.29, 0.717) is 11.4 Å². The number of aliphatic hydroxyl groups excluding tert-OH is 4. The summed E-state index contributed by atoms with van der Waals surface area (Å²) in [6.45, 7) is -0.459. The van der Waals surface area contributed by atoms with Crippen LogP contribution >= 0.6 is 0 Å². The van der Waals surface area contributed by atoms with Crippen molar-refractivity contribution in [3.8, 4) is 5.75 Å². The summed E-state index contributed by atoms with van der Waals surface area (Å²) >= 11 is 0. The number of aliphatic hydroxyl groups is 4. The molecule has 9 heteroatoms. The Bertz CT molecular complexity index is 824. The summed E-state index contributed by atoms with van der Waals surface area (Å²) in [5.41, 5.74) is 7.77. The van der Waals surface area contributed by atoms with Gasteiger partial charge in [0.25, 0.3) is 0 Å². The molecule has 0 radical (unpaired) electrons. The molecule has 2 unspecified atom stereocenters. The average Bonchev–Trinajstić information content (AvgIpc) is 2.75. The lowest BCUT2D eigenvalue weighted by molar-refractivity contribution is -0.277. The number of carbonyl (C=O) groups is 1. The number of hydrogen-bond acceptors (Lipinski definition) is 9. The molecule has 9 nitrogen and oxygen atoms in total. The third kappa shape index (κ3) is 5.47. The van der Waals surface area contributed by atoms with Crippen LogP contribution < -0.4 is 10.5 Å². The van der Waals surface area contributed by atoms with Gasteiger partial charge in [0.1, 0.15) is 36.8 Å². The van der Waals surface area contributed by atoms with E-state index in [4.69, 9.17) is 19.9 Å². The Balaban J connectivity index is 1.51. The summed E-state index contributed by atoms with van der Waals surface area (Å²) < 4.78 is 16.1. The lowest BCUT2D eigenvalue weighted by atomic mass is 9.99. The van der Waals surface area contributed by atoms with E-state index in [0.717, 1.165) is 11.1 Å². The largest absolute Gasteiger partial charge is 0.462 e. The summed E-state index contributed by atoms with van der Waals surface area (Å²) in [5.74, 6) is -0.0438. The highest BCUT2D eigenvalue weighted by Crippen LogP contribution is 2.24. The topological polar surface area (TPSA) is 152 Å². The highest BCUT2D eigenvalue weighted by atomic mass is 16.7. The molecule has 6 N–H and O–H groups in total. The Hall–Kier alpha value is -2.69. The minimum Gasteiger partial charge on any atom is -0.462 e. The van der Waals surface area contributed by atoms with Gasteiger partial charge in [0, 0.05) is 5.69 Å². The molecular formula is C21H25NO8. The number of anilines is 1. The van der Waals surface area contributed by atoms with Crippen molar-refractivity contribution >= 4 is 11.7 Å². The number of nitrogen functional groups attached to an aromatic ring is 1. The number of carbonyl (C=O) groups excluding carboxylic acids is 1. The molecule has 2 aromatic carbocycles. The first-order chi connectivity index (χ1) is 14.4. The first-order valence-electron chi connectivity index (χ1n) is 9.43. The van der Waals surface area contributed by atoms with Crippen LogP contribution in [0.1, 0.15) is 11.1 Å². The van der Waals surface area contributed by atoms with E-state index in [1.165, 1.54) is 0 Å². The molecule has 0 aromatic heterocycles. The van der Waals surface area contributed by atoms with Gasteiger partial charge in [-0.05, 0) is 35.4 Å². The van der Waals surface area contributed by atoms with E-state index in [2.05, 4.69) is 0 Å². The van der Waals surface area contributed by atoms with Crippen LogP contribution in [0.15, 0.2) is 48.5 Å². The van der Waals surface area contributed by atoms with Crippen LogP contribution in [-0.2, 0) is 27.3 Å². The van der Waals surface area contributed by atoms with E-state index >= 15 is 0 Å². The molecule has 3 rings (SSSR count). The van der Waals surface area contributed by atoms with E-state index in [1.54, 1.807) is 48.5 Å². The molecule has 0 spiro atoms. The quantitative estimate of drug-likeness (QED) is 0.302. The van der Waals surface area contributed by atoms with Crippen molar-refractivity contribution in [2.45, 2.75) is 43.7 Å². The standard InChI is InChI=1S/C21H25NO8/c22-14-5-1-12(2-6-14)9-17(24)28-11-13-3-7-15(8-4-13)29-21-20(27)19(26)18(25)16(10-23)30-21/h1-8,16,18-21,23,25-27H,9-11,22H2/t16?,18-,19?,20+,21+/m0/s1. The first-order valence-corrected chi connectivity index (χ1v) is 9.43. The molecule has 1 saturated heterocycles. The van der Waals surface area contributed by atoms with Crippen LogP contribution in [0.4, 0.5) is 5.69 Å². The molecule has 162 valence electrons. The monoisotopic (exact) mass is 419 g/mol. The van der Waals surface area contributed by atoms with Gasteiger partial charge in [0.05, 0.1) is 13.0 Å². The van der Waals surface area contributed by atoms with Crippen molar-refractivity contribution in [2.75, 3.05) is 12.3 Å². The second-order valence-electron chi connectivity index (χ2n) is 7.04. The Morgan fingerprint density at radius 1 is 0.933 bits per heavy atom. The summed E-state index contributed by atoms with van der Waals surface area (Å²) in [6.07, 6.45) is -6.62. The molecule has 5 atom stereocenters. The van der Waals surface area contributed by atoms with E-state index in [-0.39, 0.29) is 19.0 Å². The maximum atomic E-state index is 12.0. The van der Waals surface area contributed by atoms with Crippen molar-refractivity contribution in [1.29, 1.82) is 0 Å². The fourth-order valence-electron chi connectivity index (χ4n) is 2.98. The van der Waals surface area contributed by atoms with Crippen molar-refractivity contribution in [1.82, 2.24) is 0 Å². The van der Waals surface area contributed by atoms with Gasteiger partial charge >= 0.3 is 5.97 Å². The fourth-order valence-corrected chi connectivity index (χ4v) is 2.98. The van der Waals surface area contributed by atoms with Crippen LogP contribution in [0.25, 0.3) is 0 Å². The number of rotatable bonds is 7. The Morgan fingerprint density at radius 3 is 2.20 bits per heavy atom. The highest BCUT2D eigenvalue weighted by Gasteiger charge is 2.44. The minimum atomic E-state index is -1.51. The molecule has 0 bridgehead atoms. The molecule has 1 aliphatic rings. The van der Waals surface area contributed by atoms with Crippen LogP contribution in [-0.4, -0.2) is 63.7 Å². The zero-order valence-electron chi connectivity index (χ0n) is 16.1. The second kappa shape index (κ2) is 9.88. The maximum absolute atomic E-state index is 12.0. The SMILES string of the molecule is Nc1ccc(CC(=O)OCc2ccc(O[C@@H]3OC(CO)[C@H](O)C(O)[C@H]3O)cc2)cc1. The smallest absolute Gasteiger partial charge is 0.310 e. The molecule has 0 amide bonds. The van der Waals surface area contributed by atoms with Crippen molar-refractivity contribution in [3.63, 3.8) is 0 Å². The van der Waals surface area contributed by atoms with E-state index < -0.39 is 37.3 Å². The predicted octanol–water partition coefficient (Wildman–Crippen LogP) is -0.267. The average molecular weight is 419 g/mol. The van der Waals surface area contributed by atoms with Gasteiger partial charge in [-0.3, -0.25) is 4.79 Å². The van der Waals surface area contributed by atoms with Crippen molar-refractivity contribution in [2.24, 2.45) is 0 Å². The van der Waals surface area contributed by atoms with Gasteiger partial charge in [-0.1, -0.05) is 24.3 Å². The van der Waals surface area contributed by atoms with Gasteiger partial charge in [-0.15, -0.1) is 0 Å². The molecule has 1 heterocycles. The molecule has 2 aromatic rings. The summed E-state index contributed by atoms with van der Waals surface area (Å²) in [6, 6.07) is 13.5. The zero-order valence-corrected chi connectivity index (χ0v) is 16.1. The van der Waals surface area contributed by atoms with Gasteiger partial charge in [0.2, 0.25) is 6.29 Å². The van der Waals surface area contributed by atoms with Crippen molar-refractivity contribution in [3.05, 3.63) is 59.7 Å². The minimum absolute atomic E-state index is 0.0775. The number of nitrogens with two attached hydrogens (primary N) is 1. The summed E-state index contributed by atoms with van der Waals surface area (Å²) in [7, 11) is 0. The lowest BCUT2D eigenvalue weighted by Crippen LogP contribution is -2.60. The van der Waals surface area contributed by atoms with Crippen LogP contribution in [0, 0.1) is 0 Å². The van der Waals surface area contributed by atoms with Gasteiger partial charge in [0.15, 0.2) is 0 Å². The number of benzene rings is 2. The third-order valence-corrected chi connectivity index (χ3v) is 4.75. The zero-order chi connectivity index (χ0) is 21.7. The number of hydrogen-bond donors (Lipinski definition) is 5. The van der Waals surface area contributed by atoms with Gasteiger partial charge in [-0.25, -0.2) is 0 Å². The first kappa shape index (κ1) is 22.0. The van der Waals surface area contributed by atoms with Crippen molar-refractivity contribution < 1.29 is 39.4 Å². The second-order valence-corrected chi connectivity index (χ2v) is 7.04. The Morgan fingerprint density at radius 2 is 1.57 bits per heavy atom. The van der Waals surface area contributed by atoms with Gasteiger partial charge in [-0.2, -0.15) is 0 Å². The molecule has 1 aliphatic heterocycles. The molecule has 0 saturated carbocycles. The molecular weight excluding hydrogens is 394 g/mol. The van der Waals surface area contributed by atoms with E-state index in [1.807, 2.05) is 0 Å². The van der Waals surface area contributed by atoms with Gasteiger partial charge < -0.3 is 40.4 Å². The van der Waals surface area contributed by atoms with Crippen LogP contribution in [0.5, 0.6) is 5.75 Å². The molecule has 1 fully saturated rings. The highest BCUT2D eigenvalue weighted by molar-refractivity contribution is 5.72. The van der Waals surface area contributed by atoms with Crippen LogP contribution in [0.3, 0.4) is 0 Å². The third-order valence-electron chi connectivity index (χ3n) is 4.75. The Kier molecular flexibility index (Phi) is 7.24. The summed E-state index contributed by atoms with van der Waals surface area (Å²) in [4.78, 5) is 12.0. The predicted molar refractivity (Wildman–Crippen MR) is 105 cm³/mol. The number of esters is 1. The maximum Gasteiger partial charge on any atom is 0.310 e. The fraction of sp³-hybridized carbons (Fsp3) is 0.381. The Labute approximate surface area is 173 Å².